The van der Waals surface area contributed by atoms with Gasteiger partial charge in [-0.15, -0.1) is 9.24 Å². The predicted octanol–water partition coefficient (Wildman–Crippen LogP) is -13.9. The van der Waals surface area contributed by atoms with E-state index < -0.39 is 35.5 Å². The summed E-state index contributed by atoms with van der Waals surface area (Å²) in [7, 11) is -1.69. The molecule has 1 unspecified atom stereocenters. The number of nitrogens with two attached hydrogens (primary N) is 1. The third kappa shape index (κ3) is 22.5. The normalized spacial score (nSPS) is 8.54. The molecule has 0 aromatic heterocycles. The molecule has 1 aromatic rings. The molecule has 14 N–H and O–H groups in total. The maximum absolute atomic E-state index is 10.5. The average molecular weight is 455 g/mol. The van der Waals surface area contributed by atoms with E-state index in [1.165, 1.54) is 12.1 Å². The van der Waals surface area contributed by atoms with Gasteiger partial charge >= 0.3 is 88.7 Å². The van der Waals surface area contributed by atoms with Crippen molar-refractivity contribution < 1.29 is 143 Å². The minimum Gasteiger partial charge on any atom is -1.00 e. The molecule has 1 atom stereocenters. The Morgan fingerprint density at radius 1 is 0.962 bits per heavy atom. The molecule has 0 heterocycles. The summed E-state index contributed by atoms with van der Waals surface area (Å²) >= 11 is 0. The topological polar surface area (TPSA) is 267 Å². The quantitative estimate of drug-likeness (QED) is 0.166. The van der Waals surface area contributed by atoms with Crippen molar-refractivity contribution in [2.24, 2.45) is 5.73 Å². The van der Waals surface area contributed by atoms with Crippen LogP contribution in [0.3, 0.4) is 0 Å². The molecule has 1 rings (SSSR count). The first-order valence-electron chi connectivity index (χ1n) is 5.13. The zero-order chi connectivity index (χ0) is 15.1. The summed E-state index contributed by atoms with van der Waals surface area (Å²) in [6.07, 6.45) is 0. The standard InChI is InChI=1S/C6H7O3PS.C4H11NO3.3Na.4H2O.3H/c7-11(8,9)6-3-1-2-5(10)4-6;5-4(1-6,2-7)3-8;;;;;;;;;;/h1-4H,10H2,(H,7,8,9);6-8H,1-3,5H2;;;;4*1H2;;;/q;;3*+1;;;;;3*-1. The van der Waals surface area contributed by atoms with Crippen molar-refractivity contribution in [1.29, 1.82) is 0 Å². The van der Waals surface area contributed by atoms with Gasteiger partial charge in [-0.05, 0) is 17.4 Å². The second-order valence-electron chi connectivity index (χ2n) is 3.88. The molecule has 0 radical (unpaired) electrons. The minimum atomic E-state index is -4.04. The number of benzene rings is 1. The van der Waals surface area contributed by atoms with Crippen LogP contribution in [-0.2, 0) is 10.1 Å². The van der Waals surface area contributed by atoms with Gasteiger partial charge in [0, 0.05) is 0 Å². The van der Waals surface area contributed by atoms with Crippen LogP contribution in [0.2, 0.25) is 0 Å². The van der Waals surface area contributed by atoms with Gasteiger partial charge < -0.3 is 47.2 Å². The Kier molecular flexibility index (Phi) is 49.7. The van der Waals surface area contributed by atoms with E-state index >= 15 is 0 Å². The van der Waals surface area contributed by atoms with Crippen LogP contribution in [0, 0.1) is 0 Å². The Balaban J connectivity index is -0.0000000189. The first-order chi connectivity index (χ1) is 8.68. The monoisotopic (exact) mass is 455 g/mol. The van der Waals surface area contributed by atoms with Gasteiger partial charge in [0.05, 0.1) is 30.3 Å². The van der Waals surface area contributed by atoms with Gasteiger partial charge in [-0.25, -0.2) is 0 Å². The Hall–Kier alpha value is 2.24. The van der Waals surface area contributed by atoms with E-state index in [-0.39, 0.29) is 120 Å². The zero-order valence-electron chi connectivity index (χ0n) is 18.1. The van der Waals surface area contributed by atoms with E-state index in [2.05, 4.69) is 9.24 Å². The Bertz CT molecular complexity index is 513. The van der Waals surface area contributed by atoms with Crippen molar-refractivity contribution in [1.82, 2.24) is 0 Å². The van der Waals surface area contributed by atoms with Crippen molar-refractivity contribution in [3.05, 3.63) is 24.3 Å². The predicted molar refractivity (Wildman–Crippen MR) is 91.6 cm³/mol. The van der Waals surface area contributed by atoms with Gasteiger partial charge in [0.15, 0.2) is 0 Å². The van der Waals surface area contributed by atoms with Crippen LogP contribution in [0.15, 0.2) is 29.2 Å². The smallest absolute Gasteiger partial charge is 1.00 e. The molecule has 0 aliphatic heterocycles. The molecule has 0 saturated heterocycles. The van der Waals surface area contributed by atoms with Crippen LogP contribution in [0.1, 0.15) is 4.28 Å². The maximum Gasteiger partial charge on any atom is 1.00 e. The molecule has 0 spiro atoms. The van der Waals surface area contributed by atoms with Crippen molar-refractivity contribution in [3.8, 4) is 0 Å². The number of rotatable bonds is 4. The Morgan fingerprint density at radius 3 is 1.46 bits per heavy atom. The number of aliphatic hydroxyl groups excluding tert-OH is 3. The average Bonchev–Trinajstić information content (AvgIpc) is 2.38. The van der Waals surface area contributed by atoms with Gasteiger partial charge in [0.2, 0.25) is 0 Å². The summed E-state index contributed by atoms with van der Waals surface area (Å²) in [5, 5.41) is 25.7. The van der Waals surface area contributed by atoms with Crippen molar-refractivity contribution >= 4 is 24.7 Å². The summed E-state index contributed by atoms with van der Waals surface area (Å²) in [6, 6.07) is 5.99. The molecule has 1 aromatic carbocycles. The number of hydrogen-bond acceptors (Lipinski definition) is 6. The van der Waals surface area contributed by atoms with Crippen molar-refractivity contribution in [3.63, 3.8) is 0 Å². The summed E-state index contributed by atoms with van der Waals surface area (Å²) in [6.45, 7) is -1.21. The van der Waals surface area contributed by atoms with Gasteiger partial charge in [0.1, 0.15) is 0 Å². The van der Waals surface area contributed by atoms with Gasteiger partial charge in [-0.2, -0.15) is 8.42 Å². The van der Waals surface area contributed by atoms with Crippen molar-refractivity contribution in [2.75, 3.05) is 19.8 Å². The first-order valence-corrected chi connectivity index (χ1v) is 7.15. The van der Waals surface area contributed by atoms with E-state index in [1.54, 1.807) is 12.1 Å². The van der Waals surface area contributed by atoms with E-state index in [4.69, 9.17) is 25.6 Å². The molecule has 148 valence electrons. The third-order valence-electron chi connectivity index (χ3n) is 2.10. The second-order valence-corrected chi connectivity index (χ2v) is 5.97. The largest absolute Gasteiger partial charge is 1.00 e. The molecule has 11 nitrogen and oxygen atoms in total. The molecule has 26 heavy (non-hydrogen) atoms. The molecule has 0 fully saturated rings. The number of aliphatic hydroxyl groups is 3. The summed E-state index contributed by atoms with van der Waals surface area (Å²) in [5.74, 6) is 0. The molecular formula is C10H29NNa3O10PS. The number of hydrogen-bond donors (Lipinski definition) is 5. The second kappa shape index (κ2) is 25.3. The fourth-order valence-electron chi connectivity index (χ4n) is 0.825. The van der Waals surface area contributed by atoms with Crippen LogP contribution in [-0.4, -0.2) is 75.6 Å². The first kappa shape index (κ1) is 51.2. The van der Waals surface area contributed by atoms with Gasteiger partial charge in [0.25, 0.3) is 10.1 Å². The van der Waals surface area contributed by atoms with Gasteiger partial charge in [-0.3, -0.25) is 4.55 Å². The molecule has 0 aliphatic carbocycles. The van der Waals surface area contributed by atoms with E-state index in [0.29, 0.717) is 0 Å². The Morgan fingerprint density at radius 2 is 1.31 bits per heavy atom. The van der Waals surface area contributed by atoms with E-state index in [0.717, 1.165) is 5.30 Å². The molecular weight excluding hydrogens is 426 g/mol. The van der Waals surface area contributed by atoms with Crippen LogP contribution < -0.4 is 99.7 Å². The van der Waals surface area contributed by atoms with Crippen LogP contribution in [0.25, 0.3) is 0 Å². The zero-order valence-corrected chi connectivity index (χ0v) is 23.1. The minimum absolute atomic E-state index is 0. The fourth-order valence-corrected chi connectivity index (χ4v) is 1.77. The van der Waals surface area contributed by atoms with Crippen LogP contribution in [0.5, 0.6) is 0 Å². The van der Waals surface area contributed by atoms with Crippen LogP contribution in [0.4, 0.5) is 0 Å². The summed E-state index contributed by atoms with van der Waals surface area (Å²) < 4.78 is 29.6. The molecule has 0 bridgehead atoms. The SMILES string of the molecule is NC(CO)(CO)CO.O.O.O.O.O=S(=O)(O)c1cccc(P)c1.[H-].[H-].[H-].[Na+].[Na+].[Na+]. The van der Waals surface area contributed by atoms with Gasteiger partial charge in [-0.1, -0.05) is 12.1 Å². The molecule has 0 aliphatic rings. The maximum atomic E-state index is 10.5. The molecule has 0 amide bonds. The van der Waals surface area contributed by atoms with Crippen LogP contribution >= 0.6 is 9.24 Å². The molecule has 16 heteroatoms. The van der Waals surface area contributed by atoms with E-state index in [1.807, 2.05) is 0 Å². The van der Waals surface area contributed by atoms with Crippen molar-refractivity contribution in [2.45, 2.75) is 10.4 Å². The fraction of sp³-hybridized carbons (Fsp3) is 0.400. The Labute approximate surface area is 225 Å². The summed E-state index contributed by atoms with van der Waals surface area (Å²) in [5.41, 5.74) is 3.94. The van der Waals surface area contributed by atoms with E-state index in [9.17, 15) is 8.42 Å². The third-order valence-corrected chi connectivity index (χ3v) is 3.31. The summed E-state index contributed by atoms with van der Waals surface area (Å²) in [4.78, 5) is -0.0787. The molecule has 0 saturated carbocycles.